The normalized spacial score (nSPS) is 20.5. The second-order valence-corrected chi connectivity index (χ2v) is 10.7. The molecular formula is C33H38N2O4. The molecule has 0 spiro atoms. The Kier molecular flexibility index (Phi) is 9.41. The Balaban J connectivity index is 1.03. The van der Waals surface area contributed by atoms with Crippen LogP contribution in [0.5, 0.6) is 0 Å². The number of carbonyl (C=O) groups excluding carboxylic acids is 2. The zero-order valence-electron chi connectivity index (χ0n) is 22.5. The van der Waals surface area contributed by atoms with Crippen LogP contribution in [0.25, 0.3) is 11.1 Å². The molecule has 1 heterocycles. The molecule has 39 heavy (non-hydrogen) atoms. The molecule has 1 amide bonds. The van der Waals surface area contributed by atoms with Crippen LogP contribution in [-0.4, -0.2) is 56.2 Å². The number of likely N-dealkylation sites (tertiary alicyclic amines) is 1. The van der Waals surface area contributed by atoms with E-state index >= 15 is 0 Å². The fourth-order valence-corrected chi connectivity index (χ4v) is 5.96. The number of ether oxygens (including phenoxy) is 2. The van der Waals surface area contributed by atoms with Gasteiger partial charge < -0.3 is 19.2 Å². The molecule has 1 aliphatic carbocycles. The zero-order chi connectivity index (χ0) is 26.9. The number of anilines is 1. The number of benzene rings is 3. The SMILES string of the molecule is O=CCCOCCc1ccc(CCN2CC3CC(OC(=O)Nc4ccccc4-c4ccccc4)CC3C2)cc1. The summed E-state index contributed by atoms with van der Waals surface area (Å²) in [4.78, 5) is 25.7. The Morgan fingerprint density at radius 2 is 1.51 bits per heavy atom. The van der Waals surface area contributed by atoms with Crippen molar-refractivity contribution < 1.29 is 19.1 Å². The predicted molar refractivity (Wildman–Crippen MR) is 154 cm³/mol. The fourth-order valence-electron chi connectivity index (χ4n) is 5.96. The van der Waals surface area contributed by atoms with Crippen molar-refractivity contribution in [2.75, 3.05) is 38.2 Å². The number of rotatable bonds is 12. The maximum Gasteiger partial charge on any atom is 0.411 e. The van der Waals surface area contributed by atoms with Gasteiger partial charge in [0.05, 0.1) is 18.9 Å². The van der Waals surface area contributed by atoms with Gasteiger partial charge in [0.2, 0.25) is 0 Å². The number of fused-ring (bicyclic) bond motifs is 1. The van der Waals surface area contributed by atoms with Gasteiger partial charge in [-0.1, -0.05) is 72.8 Å². The molecule has 2 fully saturated rings. The van der Waals surface area contributed by atoms with Crippen LogP contribution in [-0.2, 0) is 27.1 Å². The Labute approximate surface area is 231 Å². The number of hydrogen-bond acceptors (Lipinski definition) is 5. The van der Waals surface area contributed by atoms with Gasteiger partial charge >= 0.3 is 6.09 Å². The van der Waals surface area contributed by atoms with Crippen molar-refractivity contribution in [2.45, 2.75) is 38.2 Å². The van der Waals surface area contributed by atoms with Gasteiger partial charge in [-0.25, -0.2) is 4.79 Å². The van der Waals surface area contributed by atoms with Gasteiger partial charge in [0.15, 0.2) is 0 Å². The van der Waals surface area contributed by atoms with E-state index in [4.69, 9.17) is 9.47 Å². The Morgan fingerprint density at radius 3 is 2.23 bits per heavy atom. The maximum atomic E-state index is 12.8. The van der Waals surface area contributed by atoms with E-state index in [-0.39, 0.29) is 12.2 Å². The largest absolute Gasteiger partial charge is 0.446 e. The number of carbonyl (C=O) groups is 2. The lowest BCUT2D eigenvalue weighted by Crippen LogP contribution is -2.27. The molecule has 0 radical (unpaired) electrons. The Morgan fingerprint density at radius 1 is 0.846 bits per heavy atom. The summed E-state index contributed by atoms with van der Waals surface area (Å²) in [6, 6.07) is 26.7. The molecule has 5 rings (SSSR count). The molecule has 204 valence electrons. The predicted octanol–water partition coefficient (Wildman–Crippen LogP) is 6.00. The van der Waals surface area contributed by atoms with Gasteiger partial charge in [-0.15, -0.1) is 0 Å². The van der Waals surface area contributed by atoms with Crippen molar-refractivity contribution in [2.24, 2.45) is 11.8 Å². The molecule has 2 atom stereocenters. The monoisotopic (exact) mass is 526 g/mol. The first-order valence-electron chi connectivity index (χ1n) is 14.1. The van der Waals surface area contributed by atoms with Gasteiger partial charge in [0.25, 0.3) is 0 Å². The molecule has 1 saturated carbocycles. The average Bonchev–Trinajstić information content (AvgIpc) is 3.51. The molecule has 1 aliphatic heterocycles. The maximum absolute atomic E-state index is 12.8. The van der Waals surface area contributed by atoms with Crippen LogP contribution in [0, 0.1) is 11.8 Å². The van der Waals surface area contributed by atoms with Crippen LogP contribution in [0.4, 0.5) is 10.5 Å². The first kappa shape index (κ1) is 27.1. The van der Waals surface area contributed by atoms with Crippen molar-refractivity contribution >= 4 is 18.1 Å². The lowest BCUT2D eigenvalue weighted by Gasteiger charge is -2.20. The van der Waals surface area contributed by atoms with Crippen molar-refractivity contribution in [1.82, 2.24) is 4.90 Å². The van der Waals surface area contributed by atoms with E-state index in [2.05, 4.69) is 34.5 Å². The third kappa shape index (κ3) is 7.55. The van der Waals surface area contributed by atoms with E-state index in [1.807, 2.05) is 54.6 Å². The van der Waals surface area contributed by atoms with Crippen LogP contribution in [0.1, 0.15) is 30.4 Å². The molecule has 2 aliphatic rings. The van der Waals surface area contributed by atoms with Gasteiger partial charge in [-0.05, 0) is 60.3 Å². The van der Waals surface area contributed by atoms with Crippen LogP contribution >= 0.6 is 0 Å². The van der Waals surface area contributed by atoms with Crippen LogP contribution in [0.15, 0.2) is 78.9 Å². The minimum atomic E-state index is -0.365. The molecule has 0 bridgehead atoms. The highest BCUT2D eigenvalue weighted by atomic mass is 16.6. The molecule has 3 aromatic carbocycles. The molecule has 2 unspecified atom stereocenters. The number of nitrogens with zero attached hydrogens (tertiary/aromatic N) is 1. The Bertz CT molecular complexity index is 1200. The summed E-state index contributed by atoms with van der Waals surface area (Å²) in [6.07, 6.45) is 4.77. The van der Waals surface area contributed by atoms with Crippen LogP contribution in [0.2, 0.25) is 0 Å². The third-order valence-electron chi connectivity index (χ3n) is 7.96. The average molecular weight is 527 g/mol. The van der Waals surface area contributed by atoms with E-state index in [1.165, 1.54) is 11.1 Å². The number of nitrogens with one attached hydrogen (secondary N) is 1. The summed E-state index contributed by atoms with van der Waals surface area (Å²) in [7, 11) is 0. The number of amides is 1. The van der Waals surface area contributed by atoms with E-state index in [1.54, 1.807) is 0 Å². The summed E-state index contributed by atoms with van der Waals surface area (Å²) < 4.78 is 11.3. The second kappa shape index (κ2) is 13.5. The minimum absolute atomic E-state index is 0.0130. The van der Waals surface area contributed by atoms with E-state index in [0.29, 0.717) is 31.5 Å². The quantitative estimate of drug-likeness (QED) is 0.231. The molecular weight excluding hydrogens is 488 g/mol. The van der Waals surface area contributed by atoms with Crippen LogP contribution < -0.4 is 5.32 Å². The second-order valence-electron chi connectivity index (χ2n) is 10.7. The summed E-state index contributed by atoms with van der Waals surface area (Å²) >= 11 is 0. The highest BCUT2D eigenvalue weighted by molar-refractivity contribution is 5.91. The minimum Gasteiger partial charge on any atom is -0.446 e. The molecule has 1 saturated heterocycles. The summed E-state index contributed by atoms with van der Waals surface area (Å²) in [5, 5.41) is 2.98. The topological polar surface area (TPSA) is 67.9 Å². The number of aldehydes is 1. The molecule has 1 N–H and O–H groups in total. The van der Waals surface area contributed by atoms with Crippen molar-refractivity contribution in [3.8, 4) is 11.1 Å². The molecule has 3 aromatic rings. The van der Waals surface area contributed by atoms with Gasteiger partial charge in [-0.3, -0.25) is 5.32 Å². The zero-order valence-corrected chi connectivity index (χ0v) is 22.5. The lowest BCUT2D eigenvalue weighted by molar-refractivity contribution is -0.108. The standard InChI is InChI=1S/C33H38N2O4/c36-18-6-19-38-20-16-26-13-11-25(12-14-26)15-17-35-23-28-21-30(22-29(28)24-35)39-33(37)34-32-10-5-4-9-31(32)27-7-2-1-3-8-27/h1-5,7-14,18,28-30H,6,15-17,19-24H2,(H,34,37). The lowest BCUT2D eigenvalue weighted by atomic mass is 10.0. The summed E-state index contributed by atoms with van der Waals surface area (Å²) in [5.41, 5.74) is 5.44. The smallest absolute Gasteiger partial charge is 0.411 e. The van der Waals surface area contributed by atoms with E-state index in [0.717, 1.165) is 68.4 Å². The van der Waals surface area contributed by atoms with E-state index < -0.39 is 0 Å². The van der Waals surface area contributed by atoms with Gasteiger partial charge in [0.1, 0.15) is 12.4 Å². The highest BCUT2D eigenvalue weighted by Crippen LogP contribution is 2.39. The van der Waals surface area contributed by atoms with Gasteiger partial charge in [-0.2, -0.15) is 0 Å². The van der Waals surface area contributed by atoms with Crippen molar-refractivity contribution in [3.05, 3.63) is 90.0 Å². The Hall–Kier alpha value is -3.48. The molecule has 6 heteroatoms. The van der Waals surface area contributed by atoms with Crippen molar-refractivity contribution in [1.29, 1.82) is 0 Å². The number of para-hydroxylation sites is 1. The first-order valence-corrected chi connectivity index (χ1v) is 14.1. The molecule has 6 nitrogen and oxygen atoms in total. The summed E-state index contributed by atoms with van der Waals surface area (Å²) in [5.74, 6) is 1.20. The van der Waals surface area contributed by atoms with Gasteiger partial charge in [0, 0.05) is 31.6 Å². The van der Waals surface area contributed by atoms with Crippen LogP contribution in [0.3, 0.4) is 0 Å². The van der Waals surface area contributed by atoms with Crippen molar-refractivity contribution in [3.63, 3.8) is 0 Å². The highest BCUT2D eigenvalue weighted by Gasteiger charge is 2.42. The third-order valence-corrected chi connectivity index (χ3v) is 7.96. The fraction of sp³-hybridized carbons (Fsp3) is 0.394. The first-order chi connectivity index (χ1) is 19.2. The number of hydrogen-bond donors (Lipinski definition) is 1. The van der Waals surface area contributed by atoms with E-state index in [9.17, 15) is 9.59 Å². The summed E-state index contributed by atoms with van der Waals surface area (Å²) in [6.45, 7) is 4.38. The molecule has 0 aromatic heterocycles.